The van der Waals surface area contributed by atoms with Crippen LogP contribution in [-0.2, 0) is 11.3 Å². The number of fused-ring (bicyclic) bond motifs is 1. The van der Waals surface area contributed by atoms with Crippen molar-refractivity contribution < 1.29 is 13.9 Å². The Hall–Kier alpha value is -1.56. The van der Waals surface area contributed by atoms with Crippen LogP contribution in [0.4, 0.5) is 9.18 Å². The second-order valence-electron chi connectivity index (χ2n) is 5.50. The zero-order valence-electron chi connectivity index (χ0n) is 11.5. The van der Waals surface area contributed by atoms with Crippen molar-refractivity contribution in [1.29, 1.82) is 0 Å². The van der Waals surface area contributed by atoms with Gasteiger partial charge >= 0.3 is 6.09 Å². The number of carbonyl (C=O) groups excluding carboxylic acids is 1. The van der Waals surface area contributed by atoms with Crippen LogP contribution in [0.5, 0.6) is 0 Å². The van der Waals surface area contributed by atoms with Gasteiger partial charge in [0.15, 0.2) is 0 Å². The smallest absolute Gasteiger partial charge is 0.407 e. The van der Waals surface area contributed by atoms with E-state index in [-0.39, 0.29) is 12.4 Å². The quantitative estimate of drug-likeness (QED) is 0.863. The van der Waals surface area contributed by atoms with Gasteiger partial charge in [0.25, 0.3) is 0 Å². The van der Waals surface area contributed by atoms with Gasteiger partial charge in [-0.15, -0.1) is 0 Å². The highest BCUT2D eigenvalue weighted by Crippen LogP contribution is 2.23. The average molecular weight is 343 g/mol. The Bertz CT molecular complexity index is 646. The molecule has 0 spiro atoms. The summed E-state index contributed by atoms with van der Waals surface area (Å²) < 4.78 is 19.5. The Kier molecular flexibility index (Phi) is 4.04. The normalized spacial score (nSPS) is 11.7. The predicted octanol–water partition coefficient (Wildman–Crippen LogP) is 4.09. The Morgan fingerprint density at radius 1 is 1.40 bits per heavy atom. The maximum absolute atomic E-state index is 13.7. The van der Waals surface area contributed by atoms with Gasteiger partial charge in [0.1, 0.15) is 11.4 Å². The van der Waals surface area contributed by atoms with Crippen LogP contribution >= 0.6 is 15.9 Å². The summed E-state index contributed by atoms with van der Waals surface area (Å²) >= 11 is 3.24. The van der Waals surface area contributed by atoms with Gasteiger partial charge in [0.2, 0.25) is 0 Å². The van der Waals surface area contributed by atoms with Crippen molar-refractivity contribution in [2.24, 2.45) is 0 Å². The lowest BCUT2D eigenvalue weighted by Crippen LogP contribution is -2.32. The van der Waals surface area contributed by atoms with E-state index in [1.54, 1.807) is 32.9 Å². The highest BCUT2D eigenvalue weighted by molar-refractivity contribution is 9.10. The van der Waals surface area contributed by atoms with Crippen LogP contribution in [0.1, 0.15) is 26.5 Å². The maximum Gasteiger partial charge on any atom is 0.407 e. The molecule has 1 heterocycles. The molecule has 2 N–H and O–H groups in total. The summed E-state index contributed by atoms with van der Waals surface area (Å²) in [6.45, 7) is 5.63. The molecule has 4 nitrogen and oxygen atoms in total. The largest absolute Gasteiger partial charge is 0.444 e. The Balaban J connectivity index is 2.08. The first-order valence-electron chi connectivity index (χ1n) is 6.18. The van der Waals surface area contributed by atoms with Gasteiger partial charge in [-0.05, 0) is 39.0 Å². The minimum Gasteiger partial charge on any atom is -0.444 e. The molecule has 2 aromatic rings. The number of halogens is 2. The molecular formula is C14H16BrFN2O2. The lowest BCUT2D eigenvalue weighted by Gasteiger charge is -2.19. The van der Waals surface area contributed by atoms with Crippen LogP contribution in [-0.4, -0.2) is 16.7 Å². The van der Waals surface area contributed by atoms with E-state index in [0.717, 1.165) is 0 Å². The second kappa shape index (κ2) is 5.44. The molecule has 108 valence electrons. The van der Waals surface area contributed by atoms with E-state index in [1.807, 2.05) is 0 Å². The van der Waals surface area contributed by atoms with E-state index >= 15 is 0 Å². The standard InChI is InChI=1S/C14H16BrFN2O2/c1-14(2,3)20-13(19)17-7-9-6-10-11(16)4-8(15)5-12(10)18-9/h4-6,18H,7H2,1-3H3,(H,17,19). The highest BCUT2D eigenvalue weighted by Gasteiger charge is 2.16. The summed E-state index contributed by atoms with van der Waals surface area (Å²) in [5.74, 6) is -0.311. The summed E-state index contributed by atoms with van der Waals surface area (Å²) in [5, 5.41) is 3.12. The molecule has 0 unspecified atom stereocenters. The van der Waals surface area contributed by atoms with Gasteiger partial charge in [0, 0.05) is 21.1 Å². The lowest BCUT2D eigenvalue weighted by atomic mass is 10.2. The third kappa shape index (κ3) is 3.72. The van der Waals surface area contributed by atoms with E-state index in [2.05, 4.69) is 26.2 Å². The first-order valence-corrected chi connectivity index (χ1v) is 6.97. The molecule has 1 amide bonds. The molecular weight excluding hydrogens is 327 g/mol. The van der Waals surface area contributed by atoms with Crippen molar-refractivity contribution in [3.05, 3.63) is 34.2 Å². The summed E-state index contributed by atoms with van der Waals surface area (Å²) in [7, 11) is 0. The fourth-order valence-corrected chi connectivity index (χ4v) is 2.22. The van der Waals surface area contributed by atoms with Crippen LogP contribution in [0, 0.1) is 5.82 Å². The molecule has 0 atom stereocenters. The number of aromatic nitrogens is 1. The summed E-state index contributed by atoms with van der Waals surface area (Å²) in [6.07, 6.45) is -0.502. The number of hydrogen-bond acceptors (Lipinski definition) is 2. The first kappa shape index (κ1) is 14.8. The van der Waals surface area contributed by atoms with Crippen LogP contribution in [0.2, 0.25) is 0 Å². The Morgan fingerprint density at radius 2 is 2.10 bits per heavy atom. The molecule has 0 bridgehead atoms. The molecule has 20 heavy (non-hydrogen) atoms. The lowest BCUT2D eigenvalue weighted by molar-refractivity contribution is 0.0523. The molecule has 0 saturated heterocycles. The summed E-state index contributed by atoms with van der Waals surface area (Å²) in [4.78, 5) is 14.6. The Labute approximate surface area is 124 Å². The van der Waals surface area contributed by atoms with Crippen LogP contribution < -0.4 is 5.32 Å². The number of alkyl carbamates (subject to hydrolysis) is 1. The molecule has 1 aromatic heterocycles. The van der Waals surface area contributed by atoms with Gasteiger partial charge in [-0.3, -0.25) is 0 Å². The molecule has 1 aromatic carbocycles. The SMILES string of the molecule is CC(C)(C)OC(=O)NCc1cc2c(F)cc(Br)cc2[nH]1. The molecule has 0 saturated carbocycles. The molecule has 6 heteroatoms. The first-order chi connectivity index (χ1) is 9.24. The number of nitrogens with one attached hydrogen (secondary N) is 2. The van der Waals surface area contributed by atoms with Crippen molar-refractivity contribution >= 4 is 32.9 Å². The van der Waals surface area contributed by atoms with Gasteiger partial charge < -0.3 is 15.0 Å². The molecule has 0 aliphatic carbocycles. The number of aromatic amines is 1. The third-order valence-electron chi connectivity index (χ3n) is 2.53. The number of hydrogen-bond donors (Lipinski definition) is 2. The topological polar surface area (TPSA) is 54.1 Å². The van der Waals surface area contributed by atoms with Crippen molar-refractivity contribution in [1.82, 2.24) is 10.3 Å². The molecule has 0 aliphatic rings. The monoisotopic (exact) mass is 342 g/mol. The summed E-state index contributed by atoms with van der Waals surface area (Å²) in [5.41, 5.74) is 0.849. The fraction of sp³-hybridized carbons (Fsp3) is 0.357. The van der Waals surface area contributed by atoms with Crippen molar-refractivity contribution in [3.63, 3.8) is 0 Å². The van der Waals surface area contributed by atoms with E-state index < -0.39 is 11.7 Å². The number of carbonyl (C=O) groups is 1. The zero-order chi connectivity index (χ0) is 14.9. The van der Waals surface area contributed by atoms with Gasteiger partial charge in [-0.25, -0.2) is 9.18 Å². The molecule has 0 radical (unpaired) electrons. The summed E-state index contributed by atoms with van der Waals surface area (Å²) in [6, 6.07) is 4.87. The van der Waals surface area contributed by atoms with Crippen LogP contribution in [0.15, 0.2) is 22.7 Å². The molecule has 0 aliphatic heterocycles. The van der Waals surface area contributed by atoms with E-state index in [4.69, 9.17) is 4.74 Å². The van der Waals surface area contributed by atoms with E-state index in [9.17, 15) is 9.18 Å². The Morgan fingerprint density at radius 3 is 2.75 bits per heavy atom. The van der Waals surface area contributed by atoms with Gasteiger partial charge in [0.05, 0.1) is 6.54 Å². The predicted molar refractivity (Wildman–Crippen MR) is 79.0 cm³/mol. The van der Waals surface area contributed by atoms with Crippen molar-refractivity contribution in [2.45, 2.75) is 32.9 Å². The van der Waals surface area contributed by atoms with Crippen LogP contribution in [0.3, 0.4) is 0 Å². The van der Waals surface area contributed by atoms with E-state index in [0.29, 0.717) is 21.1 Å². The molecule has 0 fully saturated rings. The number of rotatable bonds is 2. The van der Waals surface area contributed by atoms with Crippen molar-refractivity contribution in [2.75, 3.05) is 0 Å². The number of H-pyrrole nitrogens is 1. The third-order valence-corrected chi connectivity index (χ3v) is 2.99. The highest BCUT2D eigenvalue weighted by atomic mass is 79.9. The minimum atomic E-state index is -0.540. The maximum atomic E-state index is 13.7. The number of benzene rings is 1. The second-order valence-corrected chi connectivity index (χ2v) is 6.41. The van der Waals surface area contributed by atoms with E-state index in [1.165, 1.54) is 6.07 Å². The minimum absolute atomic E-state index is 0.251. The average Bonchev–Trinajstić information content (AvgIpc) is 2.67. The number of ether oxygens (including phenoxy) is 1. The van der Waals surface area contributed by atoms with Crippen LogP contribution in [0.25, 0.3) is 10.9 Å². The zero-order valence-corrected chi connectivity index (χ0v) is 13.1. The fourth-order valence-electron chi connectivity index (χ4n) is 1.79. The number of amides is 1. The molecule has 2 rings (SSSR count). The van der Waals surface area contributed by atoms with Gasteiger partial charge in [-0.2, -0.15) is 0 Å². The van der Waals surface area contributed by atoms with Gasteiger partial charge in [-0.1, -0.05) is 15.9 Å². The van der Waals surface area contributed by atoms with Crippen molar-refractivity contribution in [3.8, 4) is 0 Å².